The number of rotatable bonds is 7. The van der Waals surface area contributed by atoms with Gasteiger partial charge in [0, 0.05) is 37.8 Å². The third-order valence-electron chi connectivity index (χ3n) is 4.87. The van der Waals surface area contributed by atoms with Crippen LogP contribution in [0.2, 0.25) is 0 Å². The Morgan fingerprint density at radius 1 is 1.24 bits per heavy atom. The fourth-order valence-corrected chi connectivity index (χ4v) is 3.54. The molecule has 0 radical (unpaired) electrons. The summed E-state index contributed by atoms with van der Waals surface area (Å²) in [5, 5.41) is 6.94. The highest BCUT2D eigenvalue weighted by molar-refractivity contribution is 14.0. The van der Waals surface area contributed by atoms with E-state index in [1.165, 1.54) is 6.54 Å². The minimum absolute atomic E-state index is 0. The summed E-state index contributed by atoms with van der Waals surface area (Å²) in [6.07, 6.45) is 4.00. The summed E-state index contributed by atoms with van der Waals surface area (Å²) < 4.78 is 5.61. The van der Waals surface area contributed by atoms with Gasteiger partial charge in [0.2, 0.25) is 5.89 Å². The van der Waals surface area contributed by atoms with E-state index in [-0.39, 0.29) is 24.0 Å². The lowest BCUT2D eigenvalue weighted by Gasteiger charge is -2.34. The number of aliphatic imine (C=N–C) groups is 1. The second-order valence-corrected chi connectivity index (χ2v) is 7.82. The maximum absolute atomic E-state index is 5.61. The number of benzene rings is 1. The molecule has 0 amide bonds. The Bertz CT molecular complexity index is 739. The maximum Gasteiger partial charge on any atom is 0.226 e. The van der Waals surface area contributed by atoms with Crippen molar-refractivity contribution >= 4 is 29.9 Å². The van der Waals surface area contributed by atoms with Crippen molar-refractivity contribution in [3.05, 3.63) is 42.3 Å². The van der Waals surface area contributed by atoms with Gasteiger partial charge in [-0.05, 0) is 37.8 Å². The highest BCUT2D eigenvalue weighted by Gasteiger charge is 2.20. The predicted molar refractivity (Wildman–Crippen MR) is 130 cm³/mol. The number of oxazole rings is 1. The van der Waals surface area contributed by atoms with Crippen LogP contribution >= 0.6 is 24.0 Å². The molecule has 6 nitrogen and oxygen atoms in total. The average molecular weight is 511 g/mol. The first-order valence-corrected chi connectivity index (χ1v) is 10.4. The van der Waals surface area contributed by atoms with Crippen molar-refractivity contribution in [3.8, 4) is 11.5 Å². The zero-order valence-electron chi connectivity index (χ0n) is 17.7. The van der Waals surface area contributed by atoms with Crippen molar-refractivity contribution < 1.29 is 4.42 Å². The van der Waals surface area contributed by atoms with Crippen LogP contribution in [0.3, 0.4) is 0 Å². The molecule has 0 saturated carbocycles. The molecule has 3 rings (SSSR count). The van der Waals surface area contributed by atoms with Crippen LogP contribution in [0, 0.1) is 5.92 Å². The highest BCUT2D eigenvalue weighted by Crippen LogP contribution is 2.18. The van der Waals surface area contributed by atoms with Crippen molar-refractivity contribution in [1.82, 2.24) is 20.5 Å². The smallest absolute Gasteiger partial charge is 0.226 e. The highest BCUT2D eigenvalue weighted by atomic mass is 127. The fraction of sp³-hybridized carbons (Fsp3) is 0.545. The van der Waals surface area contributed by atoms with E-state index in [0.717, 1.165) is 55.6 Å². The van der Waals surface area contributed by atoms with Gasteiger partial charge in [0.25, 0.3) is 0 Å². The van der Waals surface area contributed by atoms with Crippen LogP contribution < -0.4 is 10.6 Å². The molecule has 2 heterocycles. The van der Waals surface area contributed by atoms with E-state index in [0.29, 0.717) is 18.5 Å². The lowest BCUT2D eigenvalue weighted by molar-refractivity contribution is 0.187. The number of nitrogens with one attached hydrogen (secondary N) is 2. The van der Waals surface area contributed by atoms with Gasteiger partial charge >= 0.3 is 0 Å². The summed E-state index contributed by atoms with van der Waals surface area (Å²) in [5.41, 5.74) is 1.82. The van der Waals surface area contributed by atoms with E-state index in [1.807, 2.05) is 30.3 Å². The molecule has 2 N–H and O–H groups in total. The molecule has 1 aromatic heterocycles. The van der Waals surface area contributed by atoms with Gasteiger partial charge in [-0.1, -0.05) is 32.0 Å². The molecule has 0 aliphatic carbocycles. The number of halogens is 1. The number of hydrogen-bond acceptors (Lipinski definition) is 4. The zero-order valence-corrected chi connectivity index (χ0v) is 20.1. The molecule has 1 saturated heterocycles. The third kappa shape index (κ3) is 7.62. The molecular formula is C22H34IN5O. The molecule has 160 valence electrons. The third-order valence-corrected chi connectivity index (χ3v) is 4.87. The van der Waals surface area contributed by atoms with E-state index < -0.39 is 0 Å². The van der Waals surface area contributed by atoms with Gasteiger partial charge in [0.05, 0.1) is 6.54 Å². The van der Waals surface area contributed by atoms with Gasteiger partial charge in [-0.25, -0.2) is 9.98 Å². The van der Waals surface area contributed by atoms with E-state index >= 15 is 0 Å². The van der Waals surface area contributed by atoms with Gasteiger partial charge in [-0.3, -0.25) is 0 Å². The Morgan fingerprint density at radius 3 is 2.62 bits per heavy atom. The first-order chi connectivity index (χ1) is 13.6. The monoisotopic (exact) mass is 511 g/mol. The number of likely N-dealkylation sites (tertiary alicyclic amines) is 1. The fourth-order valence-electron chi connectivity index (χ4n) is 3.54. The second kappa shape index (κ2) is 12.2. The molecule has 29 heavy (non-hydrogen) atoms. The summed E-state index contributed by atoms with van der Waals surface area (Å²) >= 11 is 0. The summed E-state index contributed by atoms with van der Waals surface area (Å²) in [4.78, 5) is 11.8. The van der Waals surface area contributed by atoms with Crippen LogP contribution in [0.4, 0.5) is 0 Å². The van der Waals surface area contributed by atoms with Crippen LogP contribution in [0.5, 0.6) is 0 Å². The topological polar surface area (TPSA) is 65.7 Å². The molecule has 0 atom stereocenters. The van der Waals surface area contributed by atoms with Gasteiger partial charge < -0.3 is 20.0 Å². The molecule has 1 aliphatic rings. The van der Waals surface area contributed by atoms with Crippen molar-refractivity contribution in [2.24, 2.45) is 10.9 Å². The summed E-state index contributed by atoms with van der Waals surface area (Å²) in [6.45, 7) is 11.5. The van der Waals surface area contributed by atoms with Crippen molar-refractivity contribution in [1.29, 1.82) is 0 Å². The number of guanidine groups is 1. The van der Waals surface area contributed by atoms with Crippen molar-refractivity contribution in [2.75, 3.05) is 26.2 Å². The number of aromatic nitrogens is 1. The van der Waals surface area contributed by atoms with E-state index in [4.69, 9.17) is 9.41 Å². The van der Waals surface area contributed by atoms with Crippen LogP contribution in [-0.2, 0) is 6.54 Å². The van der Waals surface area contributed by atoms with E-state index in [2.05, 4.69) is 41.3 Å². The van der Waals surface area contributed by atoms with Gasteiger partial charge in [0.15, 0.2) is 5.96 Å². The Labute approximate surface area is 191 Å². The Balaban J connectivity index is 0.00000300. The summed E-state index contributed by atoms with van der Waals surface area (Å²) in [6, 6.07) is 10.4. The summed E-state index contributed by atoms with van der Waals surface area (Å²) in [5.74, 6) is 2.22. The van der Waals surface area contributed by atoms with Crippen LogP contribution in [0.1, 0.15) is 39.3 Å². The van der Waals surface area contributed by atoms with E-state index in [9.17, 15) is 0 Å². The van der Waals surface area contributed by atoms with Crippen LogP contribution in [0.15, 0.2) is 46.0 Å². The molecular weight excluding hydrogens is 477 g/mol. The largest absolute Gasteiger partial charge is 0.444 e. The number of hydrogen-bond donors (Lipinski definition) is 2. The quantitative estimate of drug-likeness (QED) is 0.333. The molecule has 2 aromatic rings. The molecule has 0 bridgehead atoms. The van der Waals surface area contributed by atoms with Gasteiger partial charge in [-0.15, -0.1) is 24.0 Å². The molecule has 0 unspecified atom stereocenters. The minimum Gasteiger partial charge on any atom is -0.444 e. The summed E-state index contributed by atoms with van der Waals surface area (Å²) in [7, 11) is 0. The average Bonchev–Trinajstić information content (AvgIpc) is 3.17. The first-order valence-electron chi connectivity index (χ1n) is 10.4. The zero-order chi connectivity index (χ0) is 19.8. The molecule has 1 aliphatic heterocycles. The Morgan fingerprint density at radius 2 is 1.97 bits per heavy atom. The standard InChI is InChI=1S/C22H33N5O.HI/c1-4-23-22(26-19-10-12-27(13-11-19)15-17(2)3)24-14-20-16-28-21(25-20)18-8-6-5-7-9-18;/h5-9,16-17,19H,4,10-15H2,1-3H3,(H2,23,24,26);1H. The van der Waals surface area contributed by atoms with Crippen LogP contribution in [-0.4, -0.2) is 48.1 Å². The Kier molecular flexibility index (Phi) is 9.93. The molecule has 0 spiro atoms. The lowest BCUT2D eigenvalue weighted by atomic mass is 10.0. The van der Waals surface area contributed by atoms with Gasteiger partial charge in [0.1, 0.15) is 12.0 Å². The van der Waals surface area contributed by atoms with Crippen LogP contribution in [0.25, 0.3) is 11.5 Å². The SMILES string of the molecule is CCNC(=NCc1coc(-c2ccccc2)n1)NC1CCN(CC(C)C)CC1.I. The second-order valence-electron chi connectivity index (χ2n) is 7.82. The Hall–Kier alpha value is -1.61. The molecule has 1 fully saturated rings. The van der Waals surface area contributed by atoms with E-state index in [1.54, 1.807) is 6.26 Å². The van der Waals surface area contributed by atoms with Crippen molar-refractivity contribution in [3.63, 3.8) is 0 Å². The first kappa shape index (κ1) is 23.7. The number of piperidine rings is 1. The maximum atomic E-state index is 5.61. The lowest BCUT2D eigenvalue weighted by Crippen LogP contribution is -2.49. The predicted octanol–water partition coefficient (Wildman–Crippen LogP) is 4.14. The number of nitrogens with zero attached hydrogens (tertiary/aromatic N) is 3. The van der Waals surface area contributed by atoms with Gasteiger partial charge in [-0.2, -0.15) is 0 Å². The molecule has 7 heteroatoms. The van der Waals surface area contributed by atoms with Crippen molar-refractivity contribution in [2.45, 2.75) is 46.2 Å². The minimum atomic E-state index is 0. The molecule has 1 aromatic carbocycles. The normalized spacial score (nSPS) is 15.9.